The van der Waals surface area contributed by atoms with Gasteiger partial charge in [-0.05, 0) is 62.2 Å². The second-order valence-corrected chi connectivity index (χ2v) is 10.5. The molecule has 7 nitrogen and oxygen atoms in total. The summed E-state index contributed by atoms with van der Waals surface area (Å²) < 4.78 is 57.2. The molecule has 6 rings (SSSR count). The zero-order valence-corrected chi connectivity index (χ0v) is 22.3. The van der Waals surface area contributed by atoms with Gasteiger partial charge in [-0.15, -0.1) is 0 Å². The summed E-state index contributed by atoms with van der Waals surface area (Å²) in [6.45, 7) is 2.64. The molecule has 41 heavy (non-hydrogen) atoms. The molecule has 1 atom stereocenters. The Hall–Kier alpha value is -4.38. The summed E-state index contributed by atoms with van der Waals surface area (Å²) in [5, 5.41) is 1.40. The number of carbonyl (C=O) groups excluding carboxylic acids is 2. The molecule has 1 fully saturated rings. The van der Waals surface area contributed by atoms with Gasteiger partial charge in [0.1, 0.15) is 17.6 Å². The first-order chi connectivity index (χ1) is 19.6. The van der Waals surface area contributed by atoms with Crippen molar-refractivity contribution < 1.29 is 32.5 Å². The number of piperidine rings is 1. The van der Waals surface area contributed by atoms with Crippen LogP contribution < -0.4 is 5.32 Å². The van der Waals surface area contributed by atoms with E-state index in [0.717, 1.165) is 0 Å². The molecule has 0 spiro atoms. The lowest BCUT2D eigenvalue weighted by Crippen LogP contribution is -2.82. The Morgan fingerprint density at radius 3 is 2.34 bits per heavy atom. The summed E-state index contributed by atoms with van der Waals surface area (Å²) in [5.41, 5.74) is 1.81. The molecule has 4 aromatic rings. The maximum Gasteiger partial charge on any atom is 0.253 e. The fourth-order valence-corrected chi connectivity index (χ4v) is 5.61. The summed E-state index contributed by atoms with van der Waals surface area (Å²) in [4.78, 5) is 36.7. The molecule has 11 heteroatoms. The third-order valence-electron chi connectivity index (χ3n) is 7.99. The smallest absolute Gasteiger partial charge is 0.253 e. The number of hydrogen-bond acceptors (Lipinski definition) is 4. The number of Topliss-reactive ketones (excluding diaryl/α,β-unsaturated/α-hetero) is 1. The third-order valence-corrected chi connectivity index (χ3v) is 7.99. The Bertz CT molecular complexity index is 1740. The second-order valence-electron chi connectivity index (χ2n) is 10.5. The van der Waals surface area contributed by atoms with Crippen LogP contribution in [0.2, 0.25) is 0 Å². The van der Waals surface area contributed by atoms with Gasteiger partial charge in [-0.25, -0.2) is 22.5 Å². The zero-order valence-electron chi connectivity index (χ0n) is 22.3. The average Bonchev–Trinajstić information content (AvgIpc) is 3.58. The molecule has 2 aliphatic rings. The van der Waals surface area contributed by atoms with Gasteiger partial charge in [0.05, 0.1) is 11.0 Å². The SMILES string of the molecule is CC(C1=Nc2c(F)c(F)cc(F)c2[NH2+]1)c1nc2ccc(C(=O)N3CCC(C(=O)c4ccc(F)cc4)CC3)cc2n1C. The van der Waals surface area contributed by atoms with E-state index in [0.29, 0.717) is 65.8 Å². The summed E-state index contributed by atoms with van der Waals surface area (Å²) in [6.07, 6.45) is 1.04. The quantitative estimate of drug-likeness (QED) is 0.162. The van der Waals surface area contributed by atoms with Crippen molar-refractivity contribution in [3.8, 4) is 0 Å². The van der Waals surface area contributed by atoms with Crippen molar-refractivity contribution in [3.05, 3.63) is 88.8 Å². The summed E-state index contributed by atoms with van der Waals surface area (Å²) in [5.74, 6) is -3.77. The minimum Gasteiger partial charge on any atom is -0.339 e. The van der Waals surface area contributed by atoms with Crippen LogP contribution in [0.5, 0.6) is 0 Å². The fraction of sp³-hybridized carbons (Fsp3) is 0.267. The van der Waals surface area contributed by atoms with Gasteiger partial charge in [0.25, 0.3) is 5.91 Å². The molecule has 0 aliphatic carbocycles. The molecule has 3 heterocycles. The molecule has 1 unspecified atom stereocenters. The molecule has 210 valence electrons. The van der Waals surface area contributed by atoms with E-state index < -0.39 is 29.2 Å². The molecule has 2 N–H and O–H groups in total. The van der Waals surface area contributed by atoms with E-state index in [1.165, 1.54) is 29.6 Å². The number of imidazole rings is 1. The highest BCUT2D eigenvalue weighted by Gasteiger charge is 2.34. The van der Waals surface area contributed by atoms with Gasteiger partial charge < -0.3 is 9.47 Å². The Labute approximate surface area is 232 Å². The normalized spacial score (nSPS) is 16.1. The number of hydrogen-bond donors (Lipinski definition) is 1. The zero-order chi connectivity index (χ0) is 29.0. The standard InChI is InChI=1S/C30H25F4N5O2/c1-15(28-36-25-21(33)14-20(32)24(34)26(25)37-28)29-35-22-8-5-18(13-23(22)38(29)2)30(41)39-11-9-17(10-12-39)27(40)16-3-6-19(31)7-4-16/h3-8,13-15,17H,9-12H2,1-2H3,(H,36,37)/p+1. The number of aromatic nitrogens is 2. The van der Waals surface area contributed by atoms with Crippen molar-refractivity contribution in [2.24, 2.45) is 18.0 Å². The van der Waals surface area contributed by atoms with Crippen LogP contribution in [-0.2, 0) is 7.05 Å². The number of rotatable bonds is 5. The van der Waals surface area contributed by atoms with E-state index >= 15 is 0 Å². The summed E-state index contributed by atoms with van der Waals surface area (Å²) >= 11 is 0. The first kappa shape index (κ1) is 26.8. The highest BCUT2D eigenvalue weighted by Crippen LogP contribution is 2.34. The number of ketones is 1. The average molecular weight is 565 g/mol. The van der Waals surface area contributed by atoms with Gasteiger partial charge in [0.15, 0.2) is 28.9 Å². The first-order valence-corrected chi connectivity index (χ1v) is 13.3. The number of quaternary nitrogens is 1. The lowest BCUT2D eigenvalue weighted by Gasteiger charge is -2.31. The molecule has 0 saturated carbocycles. The van der Waals surface area contributed by atoms with Crippen LogP contribution in [0.4, 0.5) is 28.9 Å². The number of likely N-dealkylation sites (tertiary alicyclic amines) is 1. The number of carbonyl (C=O) groups is 2. The monoisotopic (exact) mass is 564 g/mol. The van der Waals surface area contributed by atoms with Gasteiger partial charge in [-0.2, -0.15) is 4.99 Å². The van der Waals surface area contributed by atoms with Crippen LogP contribution in [0, 0.1) is 29.2 Å². The van der Waals surface area contributed by atoms with E-state index in [9.17, 15) is 27.2 Å². The lowest BCUT2D eigenvalue weighted by atomic mass is 9.88. The van der Waals surface area contributed by atoms with Crippen molar-refractivity contribution in [2.75, 3.05) is 13.1 Å². The minimum atomic E-state index is -1.30. The van der Waals surface area contributed by atoms with Gasteiger partial charge in [-0.1, -0.05) is 0 Å². The number of fused-ring (bicyclic) bond motifs is 2. The highest BCUT2D eigenvalue weighted by molar-refractivity contribution is 5.99. The Morgan fingerprint density at radius 1 is 0.951 bits per heavy atom. The van der Waals surface area contributed by atoms with Gasteiger partial charge >= 0.3 is 0 Å². The van der Waals surface area contributed by atoms with Crippen molar-refractivity contribution in [1.29, 1.82) is 0 Å². The highest BCUT2D eigenvalue weighted by atomic mass is 19.2. The molecular formula is C30H26F4N5O2+. The van der Waals surface area contributed by atoms with E-state index in [2.05, 4.69) is 9.98 Å². The van der Waals surface area contributed by atoms with Crippen molar-refractivity contribution in [2.45, 2.75) is 25.7 Å². The number of nitrogens with two attached hydrogens (primary N) is 1. The lowest BCUT2D eigenvalue weighted by molar-refractivity contribution is -0.444. The number of halogens is 4. The number of amides is 1. The van der Waals surface area contributed by atoms with Crippen molar-refractivity contribution in [3.63, 3.8) is 0 Å². The fourth-order valence-electron chi connectivity index (χ4n) is 5.61. The van der Waals surface area contributed by atoms with Crippen LogP contribution in [-0.4, -0.2) is 45.1 Å². The second kappa shape index (κ2) is 10.2. The molecule has 0 radical (unpaired) electrons. The van der Waals surface area contributed by atoms with E-state index in [-0.39, 0.29) is 29.0 Å². The number of nitrogens with zero attached hydrogens (tertiary/aromatic N) is 4. The Kier molecular flexibility index (Phi) is 6.69. The van der Waals surface area contributed by atoms with E-state index in [1.807, 2.05) is 0 Å². The first-order valence-electron chi connectivity index (χ1n) is 13.3. The number of aryl methyl sites for hydroxylation is 1. The van der Waals surface area contributed by atoms with Crippen molar-refractivity contribution >= 4 is 39.9 Å². The third kappa shape index (κ3) is 4.69. The molecule has 2 aliphatic heterocycles. The predicted octanol–water partition coefficient (Wildman–Crippen LogP) is 4.91. The largest absolute Gasteiger partial charge is 0.339 e. The van der Waals surface area contributed by atoms with Gasteiger partial charge in [0, 0.05) is 43.2 Å². The minimum absolute atomic E-state index is 0.0436. The molecule has 1 saturated heterocycles. The van der Waals surface area contributed by atoms with Gasteiger partial charge in [0.2, 0.25) is 11.5 Å². The van der Waals surface area contributed by atoms with Crippen LogP contribution in [0.25, 0.3) is 11.0 Å². The summed E-state index contributed by atoms with van der Waals surface area (Å²) in [7, 11) is 1.78. The topological polar surface area (TPSA) is 84.2 Å². The maximum absolute atomic E-state index is 14.2. The molecule has 0 bridgehead atoms. The Morgan fingerprint density at radius 2 is 1.63 bits per heavy atom. The number of amidine groups is 1. The van der Waals surface area contributed by atoms with Gasteiger partial charge in [-0.3, -0.25) is 14.9 Å². The van der Waals surface area contributed by atoms with E-state index in [1.54, 1.807) is 41.6 Å². The van der Waals surface area contributed by atoms with Crippen LogP contribution in [0.1, 0.15) is 52.2 Å². The van der Waals surface area contributed by atoms with Crippen LogP contribution >= 0.6 is 0 Å². The molecular weight excluding hydrogens is 538 g/mol. The van der Waals surface area contributed by atoms with Crippen molar-refractivity contribution in [1.82, 2.24) is 14.5 Å². The number of aliphatic imine (C=N–C) groups is 1. The molecule has 1 aromatic heterocycles. The molecule has 3 aromatic carbocycles. The molecule has 1 amide bonds. The number of benzene rings is 3. The van der Waals surface area contributed by atoms with E-state index in [4.69, 9.17) is 0 Å². The Balaban J connectivity index is 1.18. The summed E-state index contributed by atoms with van der Waals surface area (Å²) in [6, 6.07) is 11.2. The maximum atomic E-state index is 14.2. The van der Waals surface area contributed by atoms with Crippen LogP contribution in [0.15, 0.2) is 53.5 Å². The predicted molar refractivity (Wildman–Crippen MR) is 143 cm³/mol. The van der Waals surface area contributed by atoms with Crippen LogP contribution in [0.3, 0.4) is 0 Å².